The summed E-state index contributed by atoms with van der Waals surface area (Å²) in [6, 6.07) is 15.1. The van der Waals surface area contributed by atoms with Crippen LogP contribution >= 0.6 is 0 Å². The van der Waals surface area contributed by atoms with E-state index in [1.165, 1.54) is 36.4 Å². The number of imidazole rings is 1. The number of anilines is 1. The highest BCUT2D eigenvalue weighted by Crippen LogP contribution is 2.23. The van der Waals surface area contributed by atoms with Gasteiger partial charge >= 0.3 is 5.97 Å². The second-order valence-electron chi connectivity index (χ2n) is 12.6. The lowest BCUT2D eigenvalue weighted by molar-refractivity contribution is -0.138. The Balaban J connectivity index is 1.11. The highest BCUT2D eigenvalue weighted by Gasteiger charge is 2.26. The van der Waals surface area contributed by atoms with Gasteiger partial charge in [-0.05, 0) is 73.4 Å². The number of sulfonamides is 2. The van der Waals surface area contributed by atoms with Crippen LogP contribution in [0.1, 0.15) is 30.1 Å². The predicted molar refractivity (Wildman–Crippen MR) is 209 cm³/mol. The summed E-state index contributed by atoms with van der Waals surface area (Å²) < 4.78 is 70.7. The van der Waals surface area contributed by atoms with Gasteiger partial charge in [-0.25, -0.2) is 26.5 Å². The van der Waals surface area contributed by atoms with Crippen molar-refractivity contribution in [2.24, 2.45) is 7.05 Å². The quantitative estimate of drug-likeness (QED) is 0.0601. The third-order valence-electron chi connectivity index (χ3n) is 8.61. The average Bonchev–Trinajstić information content (AvgIpc) is 3.80. The largest absolute Gasteiger partial charge is 0.480 e. The fraction of sp³-hybridized carbons (Fsp3) is 0.351. The van der Waals surface area contributed by atoms with Gasteiger partial charge in [0.15, 0.2) is 0 Å². The monoisotopic (exact) mass is 810 g/mol. The minimum atomic E-state index is -4.32. The number of ether oxygens (including phenoxy) is 2. The first-order chi connectivity index (χ1) is 26.9. The number of nitrogens with one attached hydrogen (secondary N) is 4. The van der Waals surface area contributed by atoms with Crippen molar-refractivity contribution in [2.45, 2.75) is 42.1 Å². The Kier molecular flexibility index (Phi) is 14.7. The average molecular weight is 811 g/mol. The van der Waals surface area contributed by atoms with Crippen molar-refractivity contribution < 1.29 is 41.0 Å². The third kappa shape index (κ3) is 11.4. The number of benzene rings is 3. The fourth-order valence-electron chi connectivity index (χ4n) is 5.58. The molecule has 5 N–H and O–H groups in total. The lowest BCUT2D eigenvalue weighted by Gasteiger charge is -2.16. The number of aliphatic carboxylic acids is 1. The Morgan fingerprint density at radius 2 is 1.54 bits per heavy atom. The van der Waals surface area contributed by atoms with Crippen LogP contribution in [0.3, 0.4) is 0 Å². The molecular formula is C37H46N8O9S2. The fourth-order valence-corrected chi connectivity index (χ4v) is 7.85. The number of amides is 1. The van der Waals surface area contributed by atoms with E-state index >= 15 is 0 Å². The molecule has 0 saturated carbocycles. The number of nitrogens with zero attached hydrogens (tertiary/aromatic N) is 4. The van der Waals surface area contributed by atoms with Gasteiger partial charge in [0.25, 0.3) is 5.91 Å². The molecule has 1 unspecified atom stereocenters. The van der Waals surface area contributed by atoms with Crippen LogP contribution < -0.4 is 20.1 Å². The minimum Gasteiger partial charge on any atom is -0.480 e. The zero-order chi connectivity index (χ0) is 40.1. The van der Waals surface area contributed by atoms with Gasteiger partial charge < -0.3 is 29.8 Å². The number of carboxylic acids is 1. The van der Waals surface area contributed by atoms with E-state index in [2.05, 4.69) is 30.2 Å². The molecule has 17 nitrogen and oxygen atoms in total. The van der Waals surface area contributed by atoms with Gasteiger partial charge in [0.2, 0.25) is 26.0 Å². The molecule has 0 bridgehead atoms. The van der Waals surface area contributed by atoms with Crippen molar-refractivity contribution in [1.82, 2.24) is 34.1 Å². The normalized spacial score (nSPS) is 12.5. The van der Waals surface area contributed by atoms with Crippen LogP contribution in [0, 0.1) is 0 Å². The number of carboxylic acid groups (broad SMARTS) is 1. The number of fused-ring (bicyclic) bond motifs is 1. The van der Waals surface area contributed by atoms with Crippen LogP contribution in [0.2, 0.25) is 0 Å². The van der Waals surface area contributed by atoms with Crippen LogP contribution in [0.4, 0.5) is 5.95 Å². The molecule has 0 aliphatic heterocycles. The number of carbonyl (C=O) groups is 2. The maximum absolute atomic E-state index is 13.2. The molecule has 56 heavy (non-hydrogen) atoms. The third-order valence-corrected chi connectivity index (χ3v) is 11.6. The summed E-state index contributed by atoms with van der Waals surface area (Å²) in [5, 5.41) is 20.7. The summed E-state index contributed by atoms with van der Waals surface area (Å²) in [6.45, 7) is 4.81. The summed E-state index contributed by atoms with van der Waals surface area (Å²) in [5.74, 6) is -1.29. The molecule has 0 spiro atoms. The van der Waals surface area contributed by atoms with Crippen molar-refractivity contribution in [2.75, 3.05) is 51.4 Å². The Labute approximate surface area is 325 Å². The van der Waals surface area contributed by atoms with Crippen LogP contribution in [0.25, 0.3) is 22.0 Å². The van der Waals surface area contributed by atoms with Crippen LogP contribution in [-0.4, -0.2) is 105 Å². The number of carbonyl (C=O) groups excluding carboxylic acids is 1. The van der Waals surface area contributed by atoms with Gasteiger partial charge in [0.1, 0.15) is 6.04 Å². The van der Waals surface area contributed by atoms with E-state index in [9.17, 15) is 31.5 Å². The zero-order valence-electron chi connectivity index (χ0n) is 31.0. The summed E-state index contributed by atoms with van der Waals surface area (Å²) in [4.78, 5) is 29.1. The predicted octanol–water partition coefficient (Wildman–Crippen LogP) is 2.82. The van der Waals surface area contributed by atoms with Gasteiger partial charge in [0, 0.05) is 69.8 Å². The van der Waals surface area contributed by atoms with Crippen molar-refractivity contribution in [3.8, 4) is 11.1 Å². The molecule has 0 aliphatic carbocycles. The summed E-state index contributed by atoms with van der Waals surface area (Å²) in [6.07, 6.45) is 6.48. The molecule has 0 radical (unpaired) electrons. The zero-order valence-corrected chi connectivity index (χ0v) is 32.7. The molecule has 2 heterocycles. The molecule has 1 amide bonds. The second-order valence-corrected chi connectivity index (χ2v) is 16.1. The Morgan fingerprint density at radius 3 is 2.18 bits per heavy atom. The Bertz CT molecular complexity index is 2290. The second kappa shape index (κ2) is 19.6. The molecule has 19 heteroatoms. The van der Waals surface area contributed by atoms with Gasteiger partial charge in [0.05, 0.1) is 34.7 Å². The lowest BCUT2D eigenvalue weighted by Crippen LogP contribution is -2.48. The van der Waals surface area contributed by atoms with Gasteiger partial charge in [-0.15, -0.1) is 0 Å². The maximum Gasteiger partial charge on any atom is 0.323 e. The topological polar surface area (TPSA) is 225 Å². The standard InChI is InChI=1S/C37H46N8O9S2/c1-3-53-22-23-54-21-5-17-42-55(49,50)31-11-6-27(7-12-31)28-8-13-32(14-9-28)56(51,52)43-33(36(47)48)26-40-35(46)29-10-15-34-30(24-29)25-41-45(34)19-4-16-38-37-39-18-20-44(37)2/h6-15,18,20,24-25,33,42-43H,3-5,16-17,19,21-23,26H2,1-2H3,(H,38,39)(H,40,46)(H,47,48). The summed E-state index contributed by atoms with van der Waals surface area (Å²) in [5.41, 5.74) is 2.31. The number of hydrogen-bond acceptors (Lipinski definition) is 11. The highest BCUT2D eigenvalue weighted by molar-refractivity contribution is 7.89. The van der Waals surface area contributed by atoms with Gasteiger partial charge in [-0.2, -0.15) is 9.82 Å². The van der Waals surface area contributed by atoms with E-state index in [1.807, 2.05) is 29.4 Å². The van der Waals surface area contributed by atoms with Crippen molar-refractivity contribution in [3.63, 3.8) is 0 Å². The summed E-state index contributed by atoms with van der Waals surface area (Å²) >= 11 is 0. The van der Waals surface area contributed by atoms with E-state index in [0.29, 0.717) is 62.5 Å². The van der Waals surface area contributed by atoms with Crippen molar-refractivity contribution in [1.29, 1.82) is 0 Å². The molecule has 2 aromatic heterocycles. The highest BCUT2D eigenvalue weighted by atomic mass is 32.2. The number of rotatable bonds is 23. The molecule has 0 fully saturated rings. The molecular weight excluding hydrogens is 765 g/mol. The van der Waals surface area contributed by atoms with Crippen LogP contribution in [0.15, 0.2) is 95.1 Å². The molecule has 5 rings (SSSR count). The number of hydrogen-bond donors (Lipinski definition) is 5. The minimum absolute atomic E-state index is 0.0716. The Hall–Kier alpha value is -5.18. The maximum atomic E-state index is 13.2. The van der Waals surface area contributed by atoms with E-state index < -0.39 is 44.5 Å². The van der Waals surface area contributed by atoms with Crippen molar-refractivity contribution >= 4 is 48.8 Å². The number of aromatic nitrogens is 4. The van der Waals surface area contributed by atoms with Gasteiger partial charge in [-0.1, -0.05) is 24.3 Å². The molecule has 5 aromatic rings. The molecule has 1 atom stereocenters. The molecule has 300 valence electrons. The first-order valence-electron chi connectivity index (χ1n) is 17.9. The SMILES string of the molecule is CCOCCOCCCNS(=O)(=O)c1ccc(-c2ccc(S(=O)(=O)NC(CNC(=O)c3ccc4c(cnn4CCCNc4nccn4C)c3)C(=O)O)cc2)cc1. The van der Waals surface area contributed by atoms with Crippen molar-refractivity contribution in [3.05, 3.63) is 90.9 Å². The van der Waals surface area contributed by atoms with E-state index in [1.54, 1.807) is 42.7 Å². The smallest absolute Gasteiger partial charge is 0.323 e. The van der Waals surface area contributed by atoms with Crippen LogP contribution in [-0.2, 0) is 47.9 Å². The van der Waals surface area contributed by atoms with E-state index in [4.69, 9.17) is 9.47 Å². The molecule has 0 aliphatic rings. The van der Waals surface area contributed by atoms with Crippen LogP contribution in [0.5, 0.6) is 0 Å². The van der Waals surface area contributed by atoms with E-state index in [-0.39, 0.29) is 21.9 Å². The van der Waals surface area contributed by atoms with Gasteiger partial charge in [-0.3, -0.25) is 14.3 Å². The first kappa shape index (κ1) is 42.0. The number of aryl methyl sites for hydroxylation is 2. The lowest BCUT2D eigenvalue weighted by atomic mass is 10.1. The molecule has 0 saturated heterocycles. The molecule has 3 aromatic carbocycles. The Morgan fingerprint density at radius 1 is 0.857 bits per heavy atom. The summed E-state index contributed by atoms with van der Waals surface area (Å²) in [7, 11) is -6.16. The van der Waals surface area contributed by atoms with E-state index in [0.717, 1.165) is 17.9 Å². The first-order valence-corrected chi connectivity index (χ1v) is 20.9.